The smallest absolute Gasteiger partial charge is 0.309 e. The number of carbonyl (C=O) groups is 1. The lowest BCUT2D eigenvalue weighted by molar-refractivity contribution is -0.135. The highest BCUT2D eigenvalue weighted by Crippen LogP contribution is 2.04. The molecule has 0 aliphatic heterocycles. The predicted octanol–water partition coefficient (Wildman–Crippen LogP) is 1.51. The summed E-state index contributed by atoms with van der Waals surface area (Å²) in [5.74, 6) is -0.926. The van der Waals surface area contributed by atoms with E-state index in [4.69, 9.17) is 5.11 Å². The highest BCUT2D eigenvalue weighted by atomic mass is 16.6. The maximum atomic E-state index is 10.5. The van der Waals surface area contributed by atoms with Crippen LogP contribution >= 0.6 is 0 Å². The van der Waals surface area contributed by atoms with Crippen molar-refractivity contribution < 1.29 is 14.7 Å². The van der Waals surface area contributed by atoms with E-state index >= 15 is 0 Å². The summed E-state index contributed by atoms with van der Waals surface area (Å²) in [7, 11) is 1.39. The molecule has 74 valence electrons. The summed E-state index contributed by atoms with van der Waals surface area (Å²) in [5, 5.41) is 12.3. The van der Waals surface area contributed by atoms with E-state index in [-0.39, 0.29) is 6.42 Å². The highest BCUT2D eigenvalue weighted by Gasteiger charge is 2.08. The third-order valence-corrected chi connectivity index (χ3v) is 1.63. The third-order valence-electron chi connectivity index (χ3n) is 1.63. The molecular formula is C10H11NO3. The van der Waals surface area contributed by atoms with Gasteiger partial charge >= 0.3 is 5.97 Å². The van der Waals surface area contributed by atoms with Crippen LogP contribution in [0.25, 0.3) is 0 Å². The van der Waals surface area contributed by atoms with E-state index in [0.29, 0.717) is 5.71 Å². The van der Waals surface area contributed by atoms with Gasteiger partial charge in [0, 0.05) is 0 Å². The van der Waals surface area contributed by atoms with Crippen molar-refractivity contribution in [3.63, 3.8) is 0 Å². The number of benzene rings is 1. The average molecular weight is 193 g/mol. The Balaban J connectivity index is 2.89. The van der Waals surface area contributed by atoms with E-state index in [2.05, 4.69) is 9.99 Å². The summed E-state index contributed by atoms with van der Waals surface area (Å²) in [6.45, 7) is 0. The predicted molar refractivity (Wildman–Crippen MR) is 52.2 cm³/mol. The molecule has 0 saturated carbocycles. The minimum absolute atomic E-state index is 0.141. The van der Waals surface area contributed by atoms with Gasteiger partial charge in [0.25, 0.3) is 0 Å². The van der Waals surface area contributed by atoms with Crippen LogP contribution in [0.1, 0.15) is 12.0 Å². The SMILES string of the molecule is CO/N=C(\CC(=O)O)c1ccccc1. The van der Waals surface area contributed by atoms with Crippen LogP contribution in [0.15, 0.2) is 35.5 Å². The third kappa shape index (κ3) is 2.90. The van der Waals surface area contributed by atoms with E-state index < -0.39 is 5.97 Å². The van der Waals surface area contributed by atoms with Gasteiger partial charge in [0.15, 0.2) is 0 Å². The Morgan fingerprint density at radius 1 is 1.43 bits per heavy atom. The highest BCUT2D eigenvalue weighted by molar-refractivity contribution is 6.08. The Kier molecular flexibility index (Phi) is 3.67. The minimum Gasteiger partial charge on any atom is -0.481 e. The summed E-state index contributed by atoms with van der Waals surface area (Å²) in [6.07, 6.45) is -0.141. The van der Waals surface area contributed by atoms with Crippen molar-refractivity contribution >= 4 is 11.7 Å². The number of hydrogen-bond acceptors (Lipinski definition) is 3. The molecule has 0 aliphatic rings. The van der Waals surface area contributed by atoms with Crippen molar-refractivity contribution in [3.05, 3.63) is 35.9 Å². The molecule has 0 aromatic heterocycles. The van der Waals surface area contributed by atoms with Crippen LogP contribution in [0.2, 0.25) is 0 Å². The molecule has 1 aromatic rings. The first-order chi connectivity index (χ1) is 6.74. The first-order valence-electron chi connectivity index (χ1n) is 4.11. The van der Waals surface area contributed by atoms with Gasteiger partial charge in [0.05, 0.1) is 12.1 Å². The molecule has 0 radical (unpaired) electrons. The van der Waals surface area contributed by atoms with Gasteiger partial charge in [-0.25, -0.2) is 0 Å². The molecule has 0 unspecified atom stereocenters. The minimum atomic E-state index is -0.926. The van der Waals surface area contributed by atoms with Gasteiger partial charge in [-0.3, -0.25) is 4.79 Å². The maximum Gasteiger partial charge on any atom is 0.309 e. The molecule has 0 atom stereocenters. The number of hydrogen-bond donors (Lipinski definition) is 1. The second-order valence-electron chi connectivity index (χ2n) is 2.66. The largest absolute Gasteiger partial charge is 0.481 e. The van der Waals surface area contributed by atoms with Gasteiger partial charge in [0.1, 0.15) is 7.11 Å². The Bertz CT molecular complexity index is 332. The first-order valence-corrected chi connectivity index (χ1v) is 4.11. The summed E-state index contributed by atoms with van der Waals surface area (Å²) >= 11 is 0. The molecule has 1 rings (SSSR count). The lowest BCUT2D eigenvalue weighted by Gasteiger charge is -2.01. The molecule has 0 amide bonds. The normalized spacial score (nSPS) is 11.1. The maximum absolute atomic E-state index is 10.5. The zero-order chi connectivity index (χ0) is 10.4. The molecule has 14 heavy (non-hydrogen) atoms. The van der Waals surface area contributed by atoms with Crippen LogP contribution in [0.3, 0.4) is 0 Å². The van der Waals surface area contributed by atoms with E-state index in [1.165, 1.54) is 7.11 Å². The molecule has 4 nitrogen and oxygen atoms in total. The quantitative estimate of drug-likeness (QED) is 0.582. The molecule has 0 saturated heterocycles. The number of nitrogens with zero attached hydrogens (tertiary/aromatic N) is 1. The molecular weight excluding hydrogens is 182 g/mol. The standard InChI is InChI=1S/C10H11NO3/c1-14-11-9(7-10(12)13)8-5-3-2-4-6-8/h2-6H,7H2,1H3,(H,12,13)/b11-9+. The molecule has 0 bridgehead atoms. The van der Waals surface area contributed by atoms with Crippen LogP contribution < -0.4 is 0 Å². The van der Waals surface area contributed by atoms with Crippen LogP contribution in [0.5, 0.6) is 0 Å². The molecule has 1 N–H and O–H groups in total. The van der Waals surface area contributed by atoms with Gasteiger partial charge in [-0.1, -0.05) is 35.5 Å². The molecule has 0 heterocycles. The van der Waals surface area contributed by atoms with Crippen molar-refractivity contribution in [2.45, 2.75) is 6.42 Å². The van der Waals surface area contributed by atoms with Gasteiger partial charge in [-0.05, 0) is 5.56 Å². The summed E-state index contributed by atoms with van der Waals surface area (Å²) < 4.78 is 0. The topological polar surface area (TPSA) is 58.9 Å². The number of carboxylic acids is 1. The van der Waals surface area contributed by atoms with Crippen molar-refractivity contribution in [2.75, 3.05) is 7.11 Å². The van der Waals surface area contributed by atoms with Crippen LogP contribution in [0, 0.1) is 0 Å². The Morgan fingerprint density at radius 2 is 2.07 bits per heavy atom. The monoisotopic (exact) mass is 193 g/mol. The second kappa shape index (κ2) is 5.01. The fourth-order valence-electron chi connectivity index (χ4n) is 1.07. The van der Waals surface area contributed by atoms with Crippen LogP contribution in [-0.2, 0) is 9.63 Å². The van der Waals surface area contributed by atoms with Crippen LogP contribution in [-0.4, -0.2) is 23.9 Å². The summed E-state index contributed by atoms with van der Waals surface area (Å²) in [6, 6.07) is 9.08. The van der Waals surface area contributed by atoms with E-state index in [0.717, 1.165) is 5.56 Å². The lowest BCUT2D eigenvalue weighted by Crippen LogP contribution is -2.08. The van der Waals surface area contributed by atoms with Gasteiger partial charge in [0.2, 0.25) is 0 Å². The zero-order valence-corrected chi connectivity index (χ0v) is 7.80. The van der Waals surface area contributed by atoms with Crippen molar-refractivity contribution in [1.29, 1.82) is 0 Å². The van der Waals surface area contributed by atoms with Crippen LogP contribution in [0.4, 0.5) is 0 Å². The average Bonchev–Trinajstić information content (AvgIpc) is 2.18. The molecule has 1 aromatic carbocycles. The zero-order valence-electron chi connectivity index (χ0n) is 7.80. The Labute approximate surface area is 81.8 Å². The van der Waals surface area contributed by atoms with Gasteiger partial charge < -0.3 is 9.94 Å². The Morgan fingerprint density at radius 3 is 2.57 bits per heavy atom. The van der Waals surface area contributed by atoms with E-state index in [1.54, 1.807) is 12.1 Å². The van der Waals surface area contributed by atoms with Crippen molar-refractivity contribution in [1.82, 2.24) is 0 Å². The molecule has 0 aliphatic carbocycles. The molecule has 0 fully saturated rings. The number of oxime groups is 1. The van der Waals surface area contributed by atoms with Gasteiger partial charge in [-0.2, -0.15) is 0 Å². The lowest BCUT2D eigenvalue weighted by atomic mass is 10.1. The summed E-state index contributed by atoms with van der Waals surface area (Å²) in [5.41, 5.74) is 1.18. The van der Waals surface area contributed by atoms with E-state index in [9.17, 15) is 4.79 Å². The molecule has 0 spiro atoms. The Hall–Kier alpha value is -1.84. The number of carboxylic acid groups (broad SMARTS) is 1. The first kappa shape index (κ1) is 10.2. The van der Waals surface area contributed by atoms with Crippen molar-refractivity contribution in [3.8, 4) is 0 Å². The van der Waals surface area contributed by atoms with Gasteiger partial charge in [-0.15, -0.1) is 0 Å². The molecule has 4 heteroatoms. The fraction of sp³-hybridized carbons (Fsp3) is 0.200. The second-order valence-corrected chi connectivity index (χ2v) is 2.66. The van der Waals surface area contributed by atoms with Crippen molar-refractivity contribution in [2.24, 2.45) is 5.16 Å². The van der Waals surface area contributed by atoms with E-state index in [1.807, 2.05) is 18.2 Å². The number of aliphatic carboxylic acids is 1. The fourth-order valence-corrected chi connectivity index (χ4v) is 1.07. The number of rotatable bonds is 4. The summed E-state index contributed by atoms with van der Waals surface area (Å²) in [4.78, 5) is 15.1.